The number of carbonyl (C=O) groups excluding carboxylic acids is 1. The molecule has 6 heteroatoms. The maximum atomic E-state index is 11.3. The number of nitrogens with two attached hydrogens (primary N) is 1. The number of aromatic carboxylic acids is 1. The third kappa shape index (κ3) is 4.24. The highest BCUT2D eigenvalue weighted by Gasteiger charge is 2.12. The summed E-state index contributed by atoms with van der Waals surface area (Å²) in [7, 11) is 0. The molecule has 114 valence electrons. The van der Waals surface area contributed by atoms with E-state index in [9.17, 15) is 14.7 Å². The van der Waals surface area contributed by atoms with Crippen LogP contribution in [-0.4, -0.2) is 17.1 Å². The normalized spacial score (nSPS) is 10.0. The van der Waals surface area contributed by atoms with Crippen molar-refractivity contribution in [2.45, 2.75) is 13.2 Å². The minimum absolute atomic E-state index is 0.0414. The Balaban J connectivity index is 2.13. The van der Waals surface area contributed by atoms with Gasteiger partial charge in [0, 0.05) is 6.54 Å². The number of carboxylic acids is 1. The van der Waals surface area contributed by atoms with Gasteiger partial charge in [0.25, 0.3) is 0 Å². The van der Waals surface area contributed by atoms with Crippen LogP contribution in [0.4, 0.5) is 4.79 Å². The third-order valence-corrected chi connectivity index (χ3v) is 2.98. The van der Waals surface area contributed by atoms with E-state index < -0.39 is 12.0 Å². The van der Waals surface area contributed by atoms with Gasteiger partial charge in [0.1, 0.15) is 17.9 Å². The van der Waals surface area contributed by atoms with Crippen molar-refractivity contribution in [3.8, 4) is 5.75 Å². The second-order valence-electron chi connectivity index (χ2n) is 4.63. The minimum Gasteiger partial charge on any atom is -0.488 e. The molecule has 6 nitrogen and oxygen atoms in total. The summed E-state index contributed by atoms with van der Waals surface area (Å²) in [5, 5.41) is 11.7. The number of amides is 2. The van der Waals surface area contributed by atoms with E-state index in [0.717, 1.165) is 5.56 Å². The lowest BCUT2D eigenvalue weighted by atomic mass is 10.1. The average Bonchev–Trinajstić information content (AvgIpc) is 2.52. The summed E-state index contributed by atoms with van der Waals surface area (Å²) < 4.78 is 5.57. The Morgan fingerprint density at radius 1 is 1.09 bits per heavy atom. The largest absolute Gasteiger partial charge is 0.488 e. The fourth-order valence-electron chi connectivity index (χ4n) is 1.90. The second-order valence-corrected chi connectivity index (χ2v) is 4.63. The van der Waals surface area contributed by atoms with Gasteiger partial charge in [-0.2, -0.15) is 0 Å². The molecule has 0 fully saturated rings. The van der Waals surface area contributed by atoms with Crippen molar-refractivity contribution >= 4 is 12.0 Å². The van der Waals surface area contributed by atoms with Crippen molar-refractivity contribution in [3.63, 3.8) is 0 Å². The minimum atomic E-state index is -1.09. The molecule has 4 N–H and O–H groups in total. The summed E-state index contributed by atoms with van der Waals surface area (Å²) in [4.78, 5) is 22.0. The van der Waals surface area contributed by atoms with E-state index in [4.69, 9.17) is 10.5 Å². The zero-order valence-electron chi connectivity index (χ0n) is 11.8. The van der Waals surface area contributed by atoms with Gasteiger partial charge in [-0.1, -0.05) is 36.4 Å². The van der Waals surface area contributed by atoms with E-state index in [-0.39, 0.29) is 24.5 Å². The summed E-state index contributed by atoms with van der Waals surface area (Å²) in [6.07, 6.45) is 0. The number of carbonyl (C=O) groups is 2. The van der Waals surface area contributed by atoms with Gasteiger partial charge in [0.2, 0.25) is 0 Å². The van der Waals surface area contributed by atoms with Crippen LogP contribution in [0, 0.1) is 0 Å². The van der Waals surface area contributed by atoms with Crippen molar-refractivity contribution in [2.24, 2.45) is 5.73 Å². The third-order valence-electron chi connectivity index (χ3n) is 2.98. The molecule has 0 unspecified atom stereocenters. The molecule has 0 aliphatic carbocycles. The van der Waals surface area contributed by atoms with Gasteiger partial charge in [-0.05, 0) is 23.3 Å². The Bertz CT molecular complexity index is 671. The molecule has 2 aromatic rings. The maximum Gasteiger partial charge on any atom is 0.339 e. The highest BCUT2D eigenvalue weighted by Crippen LogP contribution is 2.21. The average molecular weight is 300 g/mol. The molecule has 0 heterocycles. The van der Waals surface area contributed by atoms with Crippen LogP contribution in [0.1, 0.15) is 21.5 Å². The summed E-state index contributed by atoms with van der Waals surface area (Å²) in [6.45, 7) is 0.439. The number of carboxylic acid groups (broad SMARTS) is 1. The molecule has 2 amide bonds. The molecule has 22 heavy (non-hydrogen) atoms. The molecular weight excluding hydrogens is 284 g/mol. The first-order valence-corrected chi connectivity index (χ1v) is 6.62. The number of nitrogens with one attached hydrogen (secondary N) is 1. The molecule has 2 rings (SSSR count). The van der Waals surface area contributed by atoms with Crippen LogP contribution in [0.3, 0.4) is 0 Å². The summed E-state index contributed by atoms with van der Waals surface area (Å²) in [5.41, 5.74) is 6.60. The quantitative estimate of drug-likeness (QED) is 0.760. The molecule has 0 atom stereocenters. The number of primary amides is 1. The molecule has 0 spiro atoms. The van der Waals surface area contributed by atoms with E-state index in [2.05, 4.69) is 5.32 Å². The summed E-state index contributed by atoms with van der Waals surface area (Å²) in [5.74, 6) is -0.817. The molecule has 0 aromatic heterocycles. The van der Waals surface area contributed by atoms with Crippen LogP contribution in [0.25, 0.3) is 0 Å². The molecule has 0 aliphatic rings. The first-order chi connectivity index (χ1) is 10.6. The van der Waals surface area contributed by atoms with Gasteiger partial charge in [-0.15, -0.1) is 0 Å². The molecule has 0 aliphatic heterocycles. The first-order valence-electron chi connectivity index (χ1n) is 6.62. The van der Waals surface area contributed by atoms with Gasteiger partial charge in [-0.25, -0.2) is 9.59 Å². The SMILES string of the molecule is NC(=O)NCc1ccc(OCc2ccccc2)c(C(=O)O)c1. The first kappa shape index (κ1) is 15.4. The van der Waals surface area contributed by atoms with Crippen LogP contribution < -0.4 is 15.8 Å². The number of ether oxygens (including phenoxy) is 1. The number of hydrogen-bond donors (Lipinski definition) is 3. The fourth-order valence-corrected chi connectivity index (χ4v) is 1.90. The number of hydrogen-bond acceptors (Lipinski definition) is 3. The molecule has 0 saturated heterocycles. The van der Waals surface area contributed by atoms with E-state index in [1.54, 1.807) is 12.1 Å². The molecular formula is C16H16N2O4. The highest BCUT2D eigenvalue weighted by atomic mass is 16.5. The van der Waals surface area contributed by atoms with Crippen LogP contribution >= 0.6 is 0 Å². The van der Waals surface area contributed by atoms with Gasteiger partial charge in [0.05, 0.1) is 0 Å². The van der Waals surface area contributed by atoms with Crippen molar-refractivity contribution in [1.29, 1.82) is 0 Å². The van der Waals surface area contributed by atoms with E-state index in [0.29, 0.717) is 5.56 Å². The summed E-state index contributed by atoms with van der Waals surface area (Å²) in [6, 6.07) is 13.5. The monoisotopic (exact) mass is 300 g/mol. The molecule has 0 bridgehead atoms. The number of urea groups is 1. The van der Waals surface area contributed by atoms with Gasteiger partial charge in [-0.3, -0.25) is 0 Å². The Kier molecular flexibility index (Phi) is 4.98. The van der Waals surface area contributed by atoms with Crippen molar-refractivity contribution in [1.82, 2.24) is 5.32 Å². The second kappa shape index (κ2) is 7.12. The van der Waals surface area contributed by atoms with Crippen molar-refractivity contribution in [3.05, 3.63) is 65.2 Å². The Labute approximate surface area is 127 Å². The standard InChI is InChI=1S/C16H16N2O4/c17-16(21)18-9-12-6-7-14(13(8-12)15(19)20)22-10-11-4-2-1-3-5-11/h1-8H,9-10H2,(H,19,20)(H3,17,18,21). The van der Waals surface area contributed by atoms with Crippen LogP contribution in [0.2, 0.25) is 0 Å². The van der Waals surface area contributed by atoms with E-state index in [1.807, 2.05) is 30.3 Å². The lowest BCUT2D eigenvalue weighted by Crippen LogP contribution is -2.28. The molecule has 0 saturated carbocycles. The predicted molar refractivity (Wildman–Crippen MR) is 80.6 cm³/mol. The number of rotatable bonds is 6. The Hall–Kier alpha value is -3.02. The van der Waals surface area contributed by atoms with Crippen LogP contribution in [-0.2, 0) is 13.2 Å². The van der Waals surface area contributed by atoms with Crippen LogP contribution in [0.15, 0.2) is 48.5 Å². The van der Waals surface area contributed by atoms with Crippen molar-refractivity contribution < 1.29 is 19.4 Å². The Morgan fingerprint density at radius 3 is 2.45 bits per heavy atom. The highest BCUT2D eigenvalue weighted by molar-refractivity contribution is 5.91. The van der Waals surface area contributed by atoms with E-state index >= 15 is 0 Å². The molecule has 2 aromatic carbocycles. The maximum absolute atomic E-state index is 11.3. The lowest BCUT2D eigenvalue weighted by molar-refractivity contribution is 0.0691. The molecule has 0 radical (unpaired) electrons. The van der Waals surface area contributed by atoms with Crippen molar-refractivity contribution in [2.75, 3.05) is 0 Å². The van der Waals surface area contributed by atoms with Gasteiger partial charge < -0.3 is 20.9 Å². The zero-order valence-corrected chi connectivity index (χ0v) is 11.8. The van der Waals surface area contributed by atoms with E-state index in [1.165, 1.54) is 6.07 Å². The predicted octanol–water partition coefficient (Wildman–Crippen LogP) is 2.13. The topological polar surface area (TPSA) is 102 Å². The smallest absolute Gasteiger partial charge is 0.339 e. The van der Waals surface area contributed by atoms with Gasteiger partial charge in [0.15, 0.2) is 0 Å². The Morgan fingerprint density at radius 2 is 1.82 bits per heavy atom. The zero-order chi connectivity index (χ0) is 15.9. The summed E-state index contributed by atoms with van der Waals surface area (Å²) >= 11 is 0. The fraction of sp³-hybridized carbons (Fsp3) is 0.125. The number of benzene rings is 2. The lowest BCUT2D eigenvalue weighted by Gasteiger charge is -2.11. The van der Waals surface area contributed by atoms with Crippen LogP contribution in [0.5, 0.6) is 5.75 Å². The van der Waals surface area contributed by atoms with Gasteiger partial charge >= 0.3 is 12.0 Å².